The summed E-state index contributed by atoms with van der Waals surface area (Å²) in [5.74, 6) is 0.612. The molecule has 2 nitrogen and oxygen atoms in total. The average molecular weight is 377 g/mol. The van der Waals surface area contributed by atoms with Crippen LogP contribution < -0.4 is 0 Å². The molecule has 3 aromatic carbocycles. The molecule has 0 bridgehead atoms. The van der Waals surface area contributed by atoms with Crippen molar-refractivity contribution in [2.75, 3.05) is 0 Å². The van der Waals surface area contributed by atoms with E-state index in [-0.39, 0.29) is 0 Å². The summed E-state index contributed by atoms with van der Waals surface area (Å²) < 4.78 is 6.50. The molecule has 0 saturated heterocycles. The van der Waals surface area contributed by atoms with E-state index in [9.17, 15) is 0 Å². The zero-order valence-electron chi connectivity index (χ0n) is 16.7. The van der Waals surface area contributed by atoms with Gasteiger partial charge in [-0.1, -0.05) is 74.5 Å². The maximum absolute atomic E-state index is 6.50. The first kappa shape index (κ1) is 17.7. The SMILES string of the molecule is CC(C)Cc1ccnc(-c2cccc3c2oc2c(-c4ccccc4)cccc23)c1. The quantitative estimate of drug-likeness (QED) is 0.324. The van der Waals surface area contributed by atoms with E-state index >= 15 is 0 Å². The highest BCUT2D eigenvalue weighted by molar-refractivity contribution is 6.12. The lowest BCUT2D eigenvalue weighted by Gasteiger charge is -2.07. The van der Waals surface area contributed by atoms with E-state index in [1.165, 1.54) is 5.56 Å². The summed E-state index contributed by atoms with van der Waals surface area (Å²) in [7, 11) is 0. The normalized spacial score (nSPS) is 11.6. The van der Waals surface area contributed by atoms with Crippen molar-refractivity contribution in [2.45, 2.75) is 20.3 Å². The Morgan fingerprint density at radius 2 is 1.45 bits per heavy atom. The van der Waals surface area contributed by atoms with E-state index < -0.39 is 0 Å². The molecule has 0 aliphatic rings. The fourth-order valence-electron chi connectivity index (χ4n) is 4.09. The van der Waals surface area contributed by atoms with Gasteiger partial charge in [0.25, 0.3) is 0 Å². The second-order valence-corrected chi connectivity index (χ2v) is 7.98. The van der Waals surface area contributed by atoms with E-state index in [4.69, 9.17) is 4.42 Å². The molecule has 0 spiro atoms. The largest absolute Gasteiger partial charge is 0.455 e. The molecule has 0 radical (unpaired) electrons. The molecule has 0 fully saturated rings. The van der Waals surface area contributed by atoms with Gasteiger partial charge in [-0.05, 0) is 41.7 Å². The molecule has 0 amide bonds. The van der Waals surface area contributed by atoms with Crippen molar-refractivity contribution in [3.05, 3.63) is 90.6 Å². The predicted octanol–water partition coefficient (Wildman–Crippen LogP) is 7.51. The Morgan fingerprint density at radius 3 is 2.17 bits per heavy atom. The van der Waals surface area contributed by atoms with Crippen LogP contribution in [0.15, 0.2) is 89.5 Å². The van der Waals surface area contributed by atoms with E-state index in [0.717, 1.165) is 50.7 Å². The van der Waals surface area contributed by atoms with Crippen molar-refractivity contribution in [1.29, 1.82) is 0 Å². The molecule has 5 aromatic rings. The van der Waals surface area contributed by atoms with Crippen LogP contribution in [0.5, 0.6) is 0 Å². The maximum atomic E-state index is 6.50. The van der Waals surface area contributed by atoms with Crippen molar-refractivity contribution in [3.63, 3.8) is 0 Å². The number of pyridine rings is 1. The molecule has 2 heteroatoms. The van der Waals surface area contributed by atoms with Crippen LogP contribution in [0, 0.1) is 5.92 Å². The van der Waals surface area contributed by atoms with Gasteiger partial charge in [0.2, 0.25) is 0 Å². The molecular weight excluding hydrogens is 354 g/mol. The predicted molar refractivity (Wildman–Crippen MR) is 121 cm³/mol. The van der Waals surface area contributed by atoms with Crippen LogP contribution in [0.4, 0.5) is 0 Å². The van der Waals surface area contributed by atoms with Crippen molar-refractivity contribution in [3.8, 4) is 22.4 Å². The summed E-state index contributed by atoms with van der Waals surface area (Å²) in [6.07, 6.45) is 2.95. The van der Waals surface area contributed by atoms with E-state index in [1.54, 1.807) is 0 Å². The van der Waals surface area contributed by atoms with Crippen LogP contribution in [0.25, 0.3) is 44.3 Å². The summed E-state index contributed by atoms with van der Waals surface area (Å²) in [4.78, 5) is 4.66. The van der Waals surface area contributed by atoms with Crippen LogP contribution in [-0.2, 0) is 6.42 Å². The number of para-hydroxylation sites is 2. The lowest BCUT2D eigenvalue weighted by Crippen LogP contribution is -1.95. The lowest BCUT2D eigenvalue weighted by atomic mass is 10.00. The van der Waals surface area contributed by atoms with Crippen molar-refractivity contribution in [2.24, 2.45) is 5.92 Å². The van der Waals surface area contributed by atoms with Gasteiger partial charge in [-0.25, -0.2) is 0 Å². The third kappa shape index (κ3) is 3.21. The second-order valence-electron chi connectivity index (χ2n) is 7.98. The summed E-state index contributed by atoms with van der Waals surface area (Å²) in [6.45, 7) is 4.48. The van der Waals surface area contributed by atoms with Gasteiger partial charge in [0.15, 0.2) is 0 Å². The number of hydrogen-bond acceptors (Lipinski definition) is 2. The second kappa shape index (κ2) is 7.21. The molecule has 2 heterocycles. The highest BCUT2D eigenvalue weighted by Gasteiger charge is 2.16. The van der Waals surface area contributed by atoms with Gasteiger partial charge in [0, 0.05) is 28.1 Å². The molecule has 0 N–H and O–H groups in total. The highest BCUT2D eigenvalue weighted by Crippen LogP contribution is 2.39. The first-order chi connectivity index (χ1) is 14.2. The zero-order chi connectivity index (χ0) is 19.8. The van der Waals surface area contributed by atoms with Gasteiger partial charge in [0.1, 0.15) is 11.2 Å². The Morgan fingerprint density at radius 1 is 0.759 bits per heavy atom. The topological polar surface area (TPSA) is 26.0 Å². The number of hydrogen-bond donors (Lipinski definition) is 0. The van der Waals surface area contributed by atoms with Crippen molar-refractivity contribution < 1.29 is 4.42 Å². The first-order valence-corrected chi connectivity index (χ1v) is 10.2. The Hall–Kier alpha value is -3.39. The van der Waals surface area contributed by atoms with Crippen molar-refractivity contribution in [1.82, 2.24) is 4.98 Å². The minimum absolute atomic E-state index is 0.612. The Balaban J connectivity index is 1.73. The summed E-state index contributed by atoms with van der Waals surface area (Å²) in [6, 6.07) is 27.4. The Labute approximate surface area is 170 Å². The maximum Gasteiger partial charge on any atom is 0.144 e. The van der Waals surface area contributed by atoms with Crippen LogP contribution in [0.2, 0.25) is 0 Å². The van der Waals surface area contributed by atoms with E-state index in [2.05, 4.69) is 91.6 Å². The first-order valence-electron chi connectivity index (χ1n) is 10.2. The number of rotatable bonds is 4. The van der Waals surface area contributed by atoms with E-state index in [1.807, 2.05) is 12.3 Å². The molecule has 142 valence electrons. The summed E-state index contributed by atoms with van der Waals surface area (Å²) >= 11 is 0. The van der Waals surface area contributed by atoms with Gasteiger partial charge in [-0.3, -0.25) is 4.98 Å². The number of nitrogens with zero attached hydrogens (tertiary/aromatic N) is 1. The molecule has 0 unspecified atom stereocenters. The van der Waals surface area contributed by atoms with Crippen LogP contribution >= 0.6 is 0 Å². The molecule has 0 aliphatic carbocycles. The molecular formula is C27H23NO. The van der Waals surface area contributed by atoms with Crippen LogP contribution in [0.1, 0.15) is 19.4 Å². The number of aromatic nitrogens is 1. The van der Waals surface area contributed by atoms with Gasteiger partial charge >= 0.3 is 0 Å². The minimum atomic E-state index is 0.612. The third-order valence-electron chi connectivity index (χ3n) is 5.35. The van der Waals surface area contributed by atoms with Gasteiger partial charge in [-0.2, -0.15) is 0 Å². The lowest BCUT2D eigenvalue weighted by molar-refractivity contribution is 0.647. The standard InChI is InChI=1S/C27H23NO/c1-18(2)16-19-14-15-28-25(17-19)24-13-7-12-23-22-11-6-10-21(26(22)29-27(23)24)20-8-4-3-5-9-20/h3-15,17-18H,16H2,1-2H3. The third-order valence-corrected chi connectivity index (χ3v) is 5.35. The minimum Gasteiger partial charge on any atom is -0.455 e. The number of furan rings is 1. The molecule has 5 rings (SSSR count). The molecule has 0 aliphatic heterocycles. The number of benzene rings is 3. The van der Waals surface area contributed by atoms with Gasteiger partial charge in [-0.15, -0.1) is 0 Å². The van der Waals surface area contributed by atoms with Crippen LogP contribution in [0.3, 0.4) is 0 Å². The molecule has 0 saturated carbocycles. The Bertz CT molecular complexity index is 1300. The van der Waals surface area contributed by atoms with Crippen LogP contribution in [-0.4, -0.2) is 4.98 Å². The summed E-state index contributed by atoms with van der Waals surface area (Å²) in [5, 5.41) is 2.27. The monoisotopic (exact) mass is 377 g/mol. The van der Waals surface area contributed by atoms with Crippen molar-refractivity contribution >= 4 is 21.9 Å². The molecule has 0 atom stereocenters. The molecule has 29 heavy (non-hydrogen) atoms. The van der Waals surface area contributed by atoms with E-state index in [0.29, 0.717) is 5.92 Å². The average Bonchev–Trinajstić information content (AvgIpc) is 3.13. The smallest absolute Gasteiger partial charge is 0.144 e. The zero-order valence-corrected chi connectivity index (χ0v) is 16.7. The highest BCUT2D eigenvalue weighted by atomic mass is 16.3. The summed E-state index contributed by atoms with van der Waals surface area (Å²) in [5.41, 5.74) is 7.43. The Kier molecular flexibility index (Phi) is 4.40. The fraction of sp³-hybridized carbons (Fsp3) is 0.148. The number of fused-ring (bicyclic) bond motifs is 3. The van der Waals surface area contributed by atoms with Gasteiger partial charge in [0.05, 0.1) is 5.69 Å². The molecule has 2 aromatic heterocycles. The fourth-order valence-corrected chi connectivity index (χ4v) is 4.09. The van der Waals surface area contributed by atoms with Gasteiger partial charge < -0.3 is 4.42 Å².